The molecule has 0 fully saturated rings. The van der Waals surface area contributed by atoms with Gasteiger partial charge in [0.15, 0.2) is 16.8 Å². The highest BCUT2D eigenvalue weighted by Gasteiger charge is 2.19. The maximum atomic E-state index is 11.9. The largest absolute Gasteiger partial charge is 0.319 e. The van der Waals surface area contributed by atoms with Crippen LogP contribution in [0.15, 0.2) is 52.5 Å². The average molecular weight is 408 g/mol. The number of pyridine rings is 1. The van der Waals surface area contributed by atoms with Crippen LogP contribution in [-0.2, 0) is 14.1 Å². The van der Waals surface area contributed by atoms with Gasteiger partial charge in [0.1, 0.15) is 0 Å². The maximum Gasteiger partial charge on any atom is 0.250 e. The Morgan fingerprint density at radius 2 is 1.90 bits per heavy atom. The molecule has 0 aliphatic carbocycles. The van der Waals surface area contributed by atoms with E-state index in [1.807, 2.05) is 55.8 Å². The first-order chi connectivity index (χ1) is 13.9. The molecule has 3 aromatic heterocycles. The van der Waals surface area contributed by atoms with E-state index in [4.69, 9.17) is 0 Å². The van der Waals surface area contributed by atoms with Crippen LogP contribution in [0, 0.1) is 6.92 Å². The molecule has 0 aliphatic rings. The summed E-state index contributed by atoms with van der Waals surface area (Å²) in [5.41, 5.74) is 2.63. The number of nitrogens with zero attached hydrogens (tertiary/aromatic N) is 8. The Bertz CT molecular complexity index is 1220. The Morgan fingerprint density at radius 1 is 1.07 bits per heavy atom. The molecular formula is C19H20N8OS. The SMILES string of the molecule is Cc1cccc(-n2nnc(C(C)Sc3nnc(-c4ccn(C)c(=O)c4)n3C)n2)c1. The van der Waals surface area contributed by atoms with Gasteiger partial charge in [-0.2, -0.15) is 0 Å². The number of tetrazole rings is 1. The second kappa shape index (κ2) is 7.63. The average Bonchev–Trinajstić information content (AvgIpc) is 3.32. The second-order valence-electron chi connectivity index (χ2n) is 6.77. The first-order valence-corrected chi connectivity index (χ1v) is 9.90. The molecule has 0 spiro atoms. The Hall–Kier alpha value is -3.27. The molecule has 1 aromatic carbocycles. The molecule has 1 atom stereocenters. The van der Waals surface area contributed by atoms with Crippen LogP contribution in [0.3, 0.4) is 0 Å². The van der Waals surface area contributed by atoms with Crippen molar-refractivity contribution in [3.05, 3.63) is 64.3 Å². The van der Waals surface area contributed by atoms with E-state index >= 15 is 0 Å². The maximum absolute atomic E-state index is 11.9. The lowest BCUT2D eigenvalue weighted by Gasteiger charge is -2.07. The van der Waals surface area contributed by atoms with Crippen LogP contribution in [0.25, 0.3) is 17.1 Å². The standard InChI is InChI=1S/C19H20N8OS/c1-12-6-5-7-15(10-12)27-23-17(20-24-27)13(2)29-19-22-21-18(26(19)4)14-8-9-25(3)16(28)11-14/h5-11,13H,1-4H3. The van der Waals surface area contributed by atoms with Crippen molar-refractivity contribution in [2.24, 2.45) is 14.1 Å². The van der Waals surface area contributed by atoms with Gasteiger partial charge in [-0.05, 0) is 42.8 Å². The summed E-state index contributed by atoms with van der Waals surface area (Å²) >= 11 is 1.49. The monoisotopic (exact) mass is 408 g/mol. The van der Waals surface area contributed by atoms with Crippen molar-refractivity contribution in [2.75, 3.05) is 0 Å². The van der Waals surface area contributed by atoms with Crippen LogP contribution in [0.2, 0.25) is 0 Å². The summed E-state index contributed by atoms with van der Waals surface area (Å²) in [4.78, 5) is 13.4. The first-order valence-electron chi connectivity index (χ1n) is 9.02. The van der Waals surface area contributed by atoms with Gasteiger partial charge in [-0.3, -0.25) is 4.79 Å². The topological polar surface area (TPSA) is 96.3 Å². The molecule has 0 saturated heterocycles. The van der Waals surface area contributed by atoms with Crippen LogP contribution in [0.1, 0.15) is 23.6 Å². The highest BCUT2D eigenvalue weighted by atomic mass is 32.2. The third-order valence-electron chi connectivity index (χ3n) is 4.50. The predicted molar refractivity (Wildman–Crippen MR) is 110 cm³/mol. The molecule has 10 heteroatoms. The van der Waals surface area contributed by atoms with Crippen molar-refractivity contribution in [2.45, 2.75) is 24.3 Å². The number of hydrogen-bond donors (Lipinski definition) is 0. The Labute approximate surface area is 171 Å². The quantitative estimate of drug-likeness (QED) is 0.468. The third-order valence-corrected chi connectivity index (χ3v) is 5.64. The van der Waals surface area contributed by atoms with Gasteiger partial charge in [-0.1, -0.05) is 23.9 Å². The molecule has 148 valence electrons. The van der Waals surface area contributed by atoms with E-state index in [9.17, 15) is 4.79 Å². The van der Waals surface area contributed by atoms with E-state index in [0.717, 1.165) is 16.8 Å². The summed E-state index contributed by atoms with van der Waals surface area (Å²) in [5, 5.41) is 22.0. The summed E-state index contributed by atoms with van der Waals surface area (Å²) in [5.74, 6) is 1.24. The molecule has 0 aliphatic heterocycles. The zero-order valence-corrected chi connectivity index (χ0v) is 17.3. The van der Waals surface area contributed by atoms with Crippen LogP contribution >= 0.6 is 11.8 Å². The van der Waals surface area contributed by atoms with Gasteiger partial charge in [0, 0.05) is 31.9 Å². The minimum Gasteiger partial charge on any atom is -0.319 e. The number of aromatic nitrogens is 8. The lowest BCUT2D eigenvalue weighted by atomic mass is 10.2. The highest BCUT2D eigenvalue weighted by molar-refractivity contribution is 7.99. The Morgan fingerprint density at radius 3 is 2.66 bits per heavy atom. The van der Waals surface area contributed by atoms with E-state index < -0.39 is 0 Å². The molecule has 1 unspecified atom stereocenters. The minimum atomic E-state index is -0.0926. The van der Waals surface area contributed by atoms with Gasteiger partial charge in [0.2, 0.25) is 0 Å². The number of aryl methyl sites for hydroxylation is 2. The molecule has 4 aromatic rings. The molecule has 4 rings (SSSR count). The first kappa shape index (κ1) is 19.1. The molecule has 0 N–H and O–H groups in total. The molecule has 3 heterocycles. The van der Waals surface area contributed by atoms with Crippen molar-refractivity contribution in [1.29, 1.82) is 0 Å². The fourth-order valence-corrected chi connectivity index (χ4v) is 3.67. The Balaban J connectivity index is 1.55. The highest BCUT2D eigenvalue weighted by Crippen LogP contribution is 2.32. The lowest BCUT2D eigenvalue weighted by Crippen LogP contribution is -2.14. The van der Waals surface area contributed by atoms with Crippen molar-refractivity contribution >= 4 is 11.8 Å². The van der Waals surface area contributed by atoms with Crippen molar-refractivity contribution in [3.63, 3.8) is 0 Å². The van der Waals surface area contributed by atoms with Crippen molar-refractivity contribution in [3.8, 4) is 17.1 Å². The van der Waals surface area contributed by atoms with E-state index in [2.05, 4.69) is 25.6 Å². The molecule has 0 bridgehead atoms. The van der Waals surface area contributed by atoms with Crippen LogP contribution < -0.4 is 5.56 Å². The van der Waals surface area contributed by atoms with Crippen LogP contribution in [0.5, 0.6) is 0 Å². The minimum absolute atomic E-state index is 0.0760. The van der Waals surface area contributed by atoms with Crippen LogP contribution in [0.4, 0.5) is 0 Å². The number of thioether (sulfide) groups is 1. The third kappa shape index (κ3) is 3.83. The molecular weight excluding hydrogens is 388 g/mol. The summed E-state index contributed by atoms with van der Waals surface area (Å²) < 4.78 is 3.38. The Kier molecular flexibility index (Phi) is 5.01. The molecule has 29 heavy (non-hydrogen) atoms. The number of hydrogen-bond acceptors (Lipinski definition) is 7. The van der Waals surface area contributed by atoms with E-state index in [0.29, 0.717) is 16.8 Å². The fourth-order valence-electron chi connectivity index (χ4n) is 2.82. The van der Waals surface area contributed by atoms with Gasteiger partial charge in [0.25, 0.3) is 5.56 Å². The molecule has 0 saturated carbocycles. The van der Waals surface area contributed by atoms with Gasteiger partial charge < -0.3 is 9.13 Å². The smallest absolute Gasteiger partial charge is 0.250 e. The fraction of sp³-hybridized carbons (Fsp3) is 0.263. The molecule has 0 amide bonds. The predicted octanol–water partition coefficient (Wildman–Crippen LogP) is 2.32. The van der Waals surface area contributed by atoms with E-state index in [1.165, 1.54) is 21.1 Å². The molecule has 9 nitrogen and oxygen atoms in total. The van der Waals surface area contributed by atoms with Crippen molar-refractivity contribution < 1.29 is 0 Å². The second-order valence-corrected chi connectivity index (χ2v) is 8.07. The summed E-state index contributed by atoms with van der Waals surface area (Å²) in [6, 6.07) is 11.3. The van der Waals surface area contributed by atoms with E-state index in [-0.39, 0.29) is 10.8 Å². The van der Waals surface area contributed by atoms with Gasteiger partial charge in [0.05, 0.1) is 10.9 Å². The zero-order chi connectivity index (χ0) is 20.5. The van der Waals surface area contributed by atoms with Crippen LogP contribution in [-0.4, -0.2) is 39.5 Å². The number of rotatable bonds is 5. The van der Waals surface area contributed by atoms with Gasteiger partial charge in [-0.25, -0.2) is 0 Å². The van der Waals surface area contributed by atoms with Gasteiger partial charge in [-0.15, -0.1) is 25.2 Å². The molecule has 0 radical (unpaired) electrons. The zero-order valence-electron chi connectivity index (χ0n) is 16.5. The summed E-state index contributed by atoms with van der Waals surface area (Å²) in [7, 11) is 3.58. The van der Waals surface area contributed by atoms with Crippen molar-refractivity contribution in [1.82, 2.24) is 39.5 Å². The number of benzene rings is 1. The lowest BCUT2D eigenvalue weighted by molar-refractivity contribution is 0.717. The normalized spacial score (nSPS) is 12.3. The van der Waals surface area contributed by atoms with Gasteiger partial charge >= 0.3 is 0 Å². The van der Waals surface area contributed by atoms with E-state index in [1.54, 1.807) is 19.3 Å². The summed E-state index contributed by atoms with van der Waals surface area (Å²) in [6.07, 6.45) is 1.72. The summed E-state index contributed by atoms with van der Waals surface area (Å²) in [6.45, 7) is 4.02.